The van der Waals surface area contributed by atoms with Gasteiger partial charge in [0.2, 0.25) is 0 Å². The van der Waals surface area contributed by atoms with Crippen LogP contribution >= 0.6 is 15.9 Å². The van der Waals surface area contributed by atoms with Crippen molar-refractivity contribution in [1.82, 2.24) is 0 Å². The second-order valence-corrected chi connectivity index (χ2v) is 4.68. The molecular weight excluding hydrogens is 288 g/mol. The molecule has 1 aliphatic rings. The van der Waals surface area contributed by atoms with E-state index in [-0.39, 0.29) is 0 Å². The SMILES string of the molecule is COc1cc(C2(C)OCCO2)c(OC)cc1Br. The zero-order valence-corrected chi connectivity index (χ0v) is 11.7. The Bertz CT molecular complexity index is 413. The minimum atomic E-state index is -0.765. The molecule has 0 aromatic heterocycles. The van der Waals surface area contributed by atoms with Gasteiger partial charge in [0.25, 0.3) is 0 Å². The summed E-state index contributed by atoms with van der Waals surface area (Å²) in [5, 5.41) is 0. The van der Waals surface area contributed by atoms with E-state index in [0.29, 0.717) is 19.0 Å². The van der Waals surface area contributed by atoms with Crippen molar-refractivity contribution in [3.63, 3.8) is 0 Å². The molecule has 4 nitrogen and oxygen atoms in total. The Morgan fingerprint density at radius 1 is 1.12 bits per heavy atom. The standard InChI is InChI=1S/C12H15BrO4/c1-12(16-4-5-17-12)8-6-11(15-3)9(13)7-10(8)14-2/h6-7H,4-5H2,1-3H3. The van der Waals surface area contributed by atoms with Gasteiger partial charge in [-0.15, -0.1) is 0 Å². The molecule has 1 aromatic rings. The summed E-state index contributed by atoms with van der Waals surface area (Å²) in [4.78, 5) is 0. The quantitative estimate of drug-likeness (QED) is 0.860. The highest BCUT2D eigenvalue weighted by Gasteiger charge is 2.36. The Balaban J connectivity index is 2.50. The second kappa shape index (κ2) is 4.84. The molecule has 0 saturated carbocycles. The maximum absolute atomic E-state index is 5.64. The Hall–Kier alpha value is -0.780. The van der Waals surface area contributed by atoms with Crippen LogP contribution in [0, 0.1) is 0 Å². The molecule has 0 aliphatic carbocycles. The van der Waals surface area contributed by atoms with Crippen molar-refractivity contribution in [2.75, 3.05) is 27.4 Å². The predicted molar refractivity (Wildman–Crippen MR) is 66.5 cm³/mol. The summed E-state index contributed by atoms with van der Waals surface area (Å²) in [5.41, 5.74) is 0.831. The lowest BCUT2D eigenvalue weighted by atomic mass is 10.1. The molecule has 0 spiro atoms. The fourth-order valence-electron chi connectivity index (χ4n) is 1.89. The van der Waals surface area contributed by atoms with Gasteiger partial charge in [-0.2, -0.15) is 0 Å². The first-order valence-corrected chi connectivity index (χ1v) is 6.10. The molecular formula is C12H15BrO4. The molecule has 0 bridgehead atoms. The van der Waals surface area contributed by atoms with Gasteiger partial charge in [0.15, 0.2) is 5.79 Å². The summed E-state index contributed by atoms with van der Waals surface area (Å²) in [6.45, 7) is 3.04. The lowest BCUT2D eigenvalue weighted by Crippen LogP contribution is -2.23. The van der Waals surface area contributed by atoms with Gasteiger partial charge in [-0.1, -0.05) is 0 Å². The van der Waals surface area contributed by atoms with Gasteiger partial charge in [-0.3, -0.25) is 0 Å². The predicted octanol–water partition coefficient (Wildman–Crippen LogP) is 2.69. The van der Waals surface area contributed by atoms with Gasteiger partial charge >= 0.3 is 0 Å². The summed E-state index contributed by atoms with van der Waals surface area (Å²) in [6.07, 6.45) is 0. The fourth-order valence-corrected chi connectivity index (χ4v) is 2.37. The van der Waals surface area contributed by atoms with E-state index in [0.717, 1.165) is 15.8 Å². The van der Waals surface area contributed by atoms with Crippen LogP contribution in [0.15, 0.2) is 16.6 Å². The second-order valence-electron chi connectivity index (χ2n) is 3.83. The average Bonchev–Trinajstić information content (AvgIpc) is 2.76. The summed E-state index contributed by atoms with van der Waals surface area (Å²) >= 11 is 3.42. The van der Waals surface area contributed by atoms with Crippen LogP contribution in [0.4, 0.5) is 0 Å². The number of hydrogen-bond donors (Lipinski definition) is 0. The highest BCUT2D eigenvalue weighted by atomic mass is 79.9. The number of halogens is 1. The van der Waals surface area contributed by atoms with E-state index in [1.165, 1.54) is 0 Å². The maximum atomic E-state index is 5.64. The summed E-state index contributed by atoms with van der Waals surface area (Å²) in [7, 11) is 3.24. The van der Waals surface area contributed by atoms with Crippen molar-refractivity contribution in [1.29, 1.82) is 0 Å². The number of methoxy groups -OCH3 is 2. The van der Waals surface area contributed by atoms with Crippen molar-refractivity contribution in [2.45, 2.75) is 12.7 Å². The summed E-state index contributed by atoms with van der Waals surface area (Å²) in [6, 6.07) is 3.72. The molecule has 1 aliphatic heterocycles. The van der Waals surface area contributed by atoms with Crippen molar-refractivity contribution >= 4 is 15.9 Å². The first kappa shape index (κ1) is 12.7. The van der Waals surface area contributed by atoms with Crippen LogP contribution in [0.5, 0.6) is 11.5 Å². The third-order valence-electron chi connectivity index (χ3n) is 2.80. The molecule has 17 heavy (non-hydrogen) atoms. The van der Waals surface area contributed by atoms with Gasteiger partial charge in [0, 0.05) is 0 Å². The van der Waals surface area contributed by atoms with Crippen LogP contribution < -0.4 is 9.47 Å². The Morgan fingerprint density at radius 2 is 1.71 bits per heavy atom. The molecule has 1 aromatic carbocycles. The van der Waals surface area contributed by atoms with Crippen LogP contribution in [0.1, 0.15) is 12.5 Å². The molecule has 2 rings (SSSR count). The molecule has 0 atom stereocenters. The highest BCUT2D eigenvalue weighted by Crippen LogP contribution is 2.41. The van der Waals surface area contributed by atoms with E-state index in [1.807, 2.05) is 19.1 Å². The van der Waals surface area contributed by atoms with Crippen LogP contribution in [0.2, 0.25) is 0 Å². The zero-order chi connectivity index (χ0) is 12.5. The van der Waals surface area contributed by atoms with E-state index in [9.17, 15) is 0 Å². The highest BCUT2D eigenvalue weighted by molar-refractivity contribution is 9.10. The largest absolute Gasteiger partial charge is 0.496 e. The monoisotopic (exact) mass is 302 g/mol. The molecule has 0 N–H and O–H groups in total. The van der Waals surface area contributed by atoms with E-state index >= 15 is 0 Å². The first-order chi connectivity index (χ1) is 8.10. The van der Waals surface area contributed by atoms with Crippen LogP contribution in [-0.2, 0) is 15.3 Å². The van der Waals surface area contributed by atoms with Crippen LogP contribution in [-0.4, -0.2) is 27.4 Å². The van der Waals surface area contributed by atoms with Crippen LogP contribution in [0.3, 0.4) is 0 Å². The molecule has 0 amide bonds. The summed E-state index contributed by atoms with van der Waals surface area (Å²) in [5.74, 6) is 0.669. The number of ether oxygens (including phenoxy) is 4. The molecule has 1 heterocycles. The smallest absolute Gasteiger partial charge is 0.195 e. The van der Waals surface area contributed by atoms with Gasteiger partial charge in [0.1, 0.15) is 11.5 Å². The summed E-state index contributed by atoms with van der Waals surface area (Å²) < 4.78 is 22.7. The van der Waals surface area contributed by atoms with Crippen molar-refractivity contribution in [3.8, 4) is 11.5 Å². The number of benzene rings is 1. The van der Waals surface area contributed by atoms with E-state index in [4.69, 9.17) is 18.9 Å². The van der Waals surface area contributed by atoms with E-state index in [1.54, 1.807) is 14.2 Å². The third kappa shape index (κ3) is 2.27. The van der Waals surface area contributed by atoms with Gasteiger partial charge in [-0.25, -0.2) is 0 Å². The molecule has 94 valence electrons. The average molecular weight is 303 g/mol. The van der Waals surface area contributed by atoms with E-state index < -0.39 is 5.79 Å². The maximum Gasteiger partial charge on any atom is 0.195 e. The molecule has 1 saturated heterocycles. The fraction of sp³-hybridized carbons (Fsp3) is 0.500. The minimum absolute atomic E-state index is 0.581. The Kier molecular flexibility index (Phi) is 3.61. The van der Waals surface area contributed by atoms with Gasteiger partial charge < -0.3 is 18.9 Å². The Labute approximate surface area is 109 Å². The topological polar surface area (TPSA) is 36.9 Å². The number of hydrogen-bond acceptors (Lipinski definition) is 4. The molecule has 5 heteroatoms. The molecule has 0 radical (unpaired) electrons. The van der Waals surface area contributed by atoms with E-state index in [2.05, 4.69) is 15.9 Å². The third-order valence-corrected chi connectivity index (χ3v) is 3.42. The van der Waals surface area contributed by atoms with Crippen molar-refractivity contribution in [3.05, 3.63) is 22.2 Å². The Morgan fingerprint density at radius 3 is 2.24 bits per heavy atom. The van der Waals surface area contributed by atoms with Crippen molar-refractivity contribution in [2.24, 2.45) is 0 Å². The van der Waals surface area contributed by atoms with Crippen LogP contribution in [0.25, 0.3) is 0 Å². The first-order valence-electron chi connectivity index (χ1n) is 5.30. The number of rotatable bonds is 3. The zero-order valence-electron chi connectivity index (χ0n) is 10.1. The lowest BCUT2D eigenvalue weighted by Gasteiger charge is -2.25. The molecule has 1 fully saturated rings. The van der Waals surface area contributed by atoms with Gasteiger partial charge in [-0.05, 0) is 35.0 Å². The normalized spacial score (nSPS) is 18.1. The van der Waals surface area contributed by atoms with Gasteiger partial charge in [0.05, 0.1) is 37.5 Å². The minimum Gasteiger partial charge on any atom is -0.496 e. The van der Waals surface area contributed by atoms with Crippen molar-refractivity contribution < 1.29 is 18.9 Å². The lowest BCUT2D eigenvalue weighted by molar-refractivity contribution is -0.150. The molecule has 0 unspecified atom stereocenters.